The van der Waals surface area contributed by atoms with E-state index in [0.29, 0.717) is 5.13 Å². The second-order valence-corrected chi connectivity index (χ2v) is 8.89. The van der Waals surface area contributed by atoms with Crippen molar-refractivity contribution in [1.82, 2.24) is 4.98 Å². The molecule has 0 saturated heterocycles. The molecule has 3 aromatic carbocycles. The Labute approximate surface area is 162 Å². The Bertz CT molecular complexity index is 1300. The fraction of sp³-hybridized carbons (Fsp3) is 0.0526. The predicted molar refractivity (Wildman–Crippen MR) is 105 cm³/mol. The number of aromatic nitrogens is 1. The lowest BCUT2D eigenvalue weighted by Crippen LogP contribution is -2.14. The zero-order valence-corrected chi connectivity index (χ0v) is 15.7. The lowest BCUT2D eigenvalue weighted by molar-refractivity contribution is 0.102. The van der Waals surface area contributed by atoms with Crippen molar-refractivity contribution < 1.29 is 22.0 Å². The number of carbonyl (C=O) groups is 1. The summed E-state index contributed by atoms with van der Waals surface area (Å²) in [7, 11) is -4.69. The van der Waals surface area contributed by atoms with Gasteiger partial charge in [0.05, 0.1) is 15.1 Å². The number of halogens is 2. The van der Waals surface area contributed by atoms with Gasteiger partial charge in [-0.2, -0.15) is 8.78 Å². The first-order valence-corrected chi connectivity index (χ1v) is 10.4. The number of hydrogen-bond acceptors (Lipinski definition) is 5. The topological polar surface area (TPSA) is 76.1 Å². The van der Waals surface area contributed by atoms with Crippen molar-refractivity contribution >= 4 is 53.2 Å². The van der Waals surface area contributed by atoms with Crippen LogP contribution in [0.25, 0.3) is 21.0 Å². The molecule has 0 fully saturated rings. The highest BCUT2D eigenvalue weighted by atomic mass is 32.2. The summed E-state index contributed by atoms with van der Waals surface area (Å²) in [6.45, 7) is 0. The van der Waals surface area contributed by atoms with Gasteiger partial charge in [-0.05, 0) is 35.7 Å². The van der Waals surface area contributed by atoms with E-state index in [1.54, 1.807) is 0 Å². The number of hydrogen-bond donors (Lipinski definition) is 1. The molecule has 0 aliphatic rings. The van der Waals surface area contributed by atoms with Gasteiger partial charge < -0.3 is 0 Å². The van der Waals surface area contributed by atoms with Gasteiger partial charge in [-0.3, -0.25) is 10.1 Å². The maximum Gasteiger partial charge on any atom is 0.341 e. The number of nitrogens with one attached hydrogen (secondary N) is 1. The molecule has 0 aliphatic carbocycles. The second-order valence-electron chi connectivity index (χ2n) is 5.94. The molecule has 4 rings (SSSR count). The quantitative estimate of drug-likeness (QED) is 0.521. The van der Waals surface area contributed by atoms with Crippen molar-refractivity contribution in [2.45, 2.75) is 10.7 Å². The van der Waals surface area contributed by atoms with E-state index < -0.39 is 26.4 Å². The molecule has 0 bridgehead atoms. The first kappa shape index (κ1) is 18.5. The maximum absolute atomic E-state index is 12.6. The summed E-state index contributed by atoms with van der Waals surface area (Å²) in [5.41, 5.74) is 0.911. The monoisotopic (exact) mass is 418 g/mol. The van der Waals surface area contributed by atoms with E-state index in [4.69, 9.17) is 0 Å². The fourth-order valence-electron chi connectivity index (χ4n) is 2.78. The molecule has 0 saturated carbocycles. The normalized spacial score (nSPS) is 12.0. The number of rotatable bonds is 4. The standard InChI is InChI=1S/C19H12F2N2O3S2/c20-18(21)28(25,26)13-8-5-12(6-9-13)17(24)23-19-22-16-14-4-2-1-3-11(14)7-10-15(16)27-19/h1-10,18H,(H,22,23,24). The predicted octanol–water partition coefficient (Wildman–Crippen LogP) is 4.70. The molecule has 1 heterocycles. The highest BCUT2D eigenvalue weighted by molar-refractivity contribution is 7.91. The van der Waals surface area contributed by atoms with Crippen molar-refractivity contribution in [2.75, 3.05) is 5.32 Å². The maximum atomic E-state index is 12.6. The summed E-state index contributed by atoms with van der Waals surface area (Å²) < 4.78 is 49.0. The Morgan fingerprint density at radius 3 is 2.43 bits per heavy atom. The summed E-state index contributed by atoms with van der Waals surface area (Å²) in [5, 5.41) is 5.06. The number of fused-ring (bicyclic) bond motifs is 3. The van der Waals surface area contributed by atoms with Gasteiger partial charge in [0.1, 0.15) is 0 Å². The van der Waals surface area contributed by atoms with Crippen LogP contribution in [0.2, 0.25) is 0 Å². The van der Waals surface area contributed by atoms with Gasteiger partial charge in [0, 0.05) is 10.9 Å². The Morgan fingerprint density at radius 2 is 1.71 bits per heavy atom. The molecule has 0 unspecified atom stereocenters. The Balaban J connectivity index is 1.61. The number of nitrogens with zero attached hydrogens (tertiary/aromatic N) is 1. The number of carbonyl (C=O) groups excluding carboxylic acids is 1. The van der Waals surface area contributed by atoms with Crippen LogP contribution in [0.4, 0.5) is 13.9 Å². The molecular weight excluding hydrogens is 406 g/mol. The minimum Gasteiger partial charge on any atom is -0.298 e. The average molecular weight is 418 g/mol. The van der Waals surface area contributed by atoms with Gasteiger partial charge in [-0.25, -0.2) is 13.4 Å². The van der Waals surface area contributed by atoms with E-state index in [1.807, 2.05) is 36.4 Å². The zero-order valence-electron chi connectivity index (χ0n) is 14.1. The molecule has 0 aliphatic heterocycles. The molecule has 9 heteroatoms. The number of amides is 1. The summed E-state index contributed by atoms with van der Waals surface area (Å²) in [6, 6.07) is 16.0. The smallest absolute Gasteiger partial charge is 0.298 e. The third-order valence-corrected chi connectivity index (χ3v) is 6.52. The minimum atomic E-state index is -4.69. The highest BCUT2D eigenvalue weighted by Crippen LogP contribution is 2.32. The van der Waals surface area contributed by atoms with Crippen LogP contribution in [0, 0.1) is 0 Å². The number of alkyl halides is 2. The largest absolute Gasteiger partial charge is 0.341 e. The van der Waals surface area contributed by atoms with E-state index in [9.17, 15) is 22.0 Å². The number of anilines is 1. The van der Waals surface area contributed by atoms with Crippen LogP contribution < -0.4 is 5.32 Å². The lowest BCUT2D eigenvalue weighted by atomic mass is 10.1. The van der Waals surface area contributed by atoms with Gasteiger partial charge in [0.15, 0.2) is 5.13 Å². The Kier molecular flexibility index (Phi) is 4.56. The van der Waals surface area contributed by atoms with Gasteiger partial charge >= 0.3 is 5.76 Å². The van der Waals surface area contributed by atoms with Crippen LogP contribution in [0.1, 0.15) is 10.4 Å². The van der Waals surface area contributed by atoms with Crippen LogP contribution in [0.3, 0.4) is 0 Å². The van der Waals surface area contributed by atoms with Crippen LogP contribution in [0.5, 0.6) is 0 Å². The van der Waals surface area contributed by atoms with E-state index in [1.165, 1.54) is 23.5 Å². The van der Waals surface area contributed by atoms with Gasteiger partial charge in [-0.1, -0.05) is 41.7 Å². The molecule has 1 aromatic heterocycles. The highest BCUT2D eigenvalue weighted by Gasteiger charge is 2.26. The van der Waals surface area contributed by atoms with Gasteiger partial charge in [0.2, 0.25) is 9.84 Å². The van der Waals surface area contributed by atoms with Crippen molar-refractivity contribution in [2.24, 2.45) is 0 Å². The van der Waals surface area contributed by atoms with Gasteiger partial charge in [0.25, 0.3) is 5.91 Å². The van der Waals surface area contributed by atoms with Crippen molar-refractivity contribution in [3.05, 3.63) is 66.2 Å². The van der Waals surface area contributed by atoms with Gasteiger partial charge in [-0.15, -0.1) is 0 Å². The number of benzene rings is 3. The number of sulfone groups is 1. The first-order valence-electron chi connectivity index (χ1n) is 8.08. The summed E-state index contributed by atoms with van der Waals surface area (Å²) >= 11 is 1.31. The van der Waals surface area contributed by atoms with Crippen molar-refractivity contribution in [3.63, 3.8) is 0 Å². The fourth-order valence-corrected chi connectivity index (χ4v) is 4.38. The summed E-state index contributed by atoms with van der Waals surface area (Å²) in [4.78, 5) is 16.3. The molecule has 0 atom stereocenters. The molecule has 4 aromatic rings. The zero-order chi connectivity index (χ0) is 19.9. The average Bonchev–Trinajstić information content (AvgIpc) is 3.11. The molecule has 1 N–H and O–H groups in total. The second kappa shape index (κ2) is 6.92. The van der Waals surface area contributed by atoms with Crippen LogP contribution in [-0.4, -0.2) is 25.1 Å². The van der Waals surface area contributed by atoms with Crippen LogP contribution >= 0.6 is 11.3 Å². The molecule has 0 radical (unpaired) electrons. The van der Waals surface area contributed by atoms with E-state index in [-0.39, 0.29) is 5.56 Å². The van der Waals surface area contributed by atoms with Crippen LogP contribution in [0.15, 0.2) is 65.6 Å². The molecule has 5 nitrogen and oxygen atoms in total. The van der Waals surface area contributed by atoms with E-state index >= 15 is 0 Å². The van der Waals surface area contributed by atoms with Crippen molar-refractivity contribution in [1.29, 1.82) is 0 Å². The van der Waals surface area contributed by atoms with Crippen LogP contribution in [-0.2, 0) is 9.84 Å². The van der Waals surface area contributed by atoms with E-state index in [0.717, 1.165) is 33.1 Å². The lowest BCUT2D eigenvalue weighted by Gasteiger charge is -2.05. The molecule has 1 amide bonds. The Morgan fingerprint density at radius 1 is 1.00 bits per heavy atom. The first-order chi connectivity index (χ1) is 13.4. The van der Waals surface area contributed by atoms with Crippen molar-refractivity contribution in [3.8, 4) is 0 Å². The summed E-state index contributed by atoms with van der Waals surface area (Å²) in [5.74, 6) is -4.02. The van der Waals surface area contributed by atoms with E-state index in [2.05, 4.69) is 10.3 Å². The minimum absolute atomic E-state index is 0.136. The Hall–Kier alpha value is -2.91. The molecular formula is C19H12F2N2O3S2. The molecule has 28 heavy (non-hydrogen) atoms. The third kappa shape index (κ3) is 3.23. The molecule has 0 spiro atoms. The third-order valence-electron chi connectivity index (χ3n) is 4.18. The SMILES string of the molecule is O=C(Nc1nc2c(ccc3ccccc32)s1)c1ccc(S(=O)(=O)C(F)F)cc1. The number of thiazole rings is 1. The molecule has 142 valence electrons. The summed E-state index contributed by atoms with van der Waals surface area (Å²) in [6.07, 6.45) is 0.